The monoisotopic (exact) mass is 287 g/mol. The molecule has 2 rings (SSSR count). The summed E-state index contributed by atoms with van der Waals surface area (Å²) in [5.74, 6) is 1.42. The Morgan fingerprint density at radius 1 is 1.14 bits per heavy atom. The van der Waals surface area contributed by atoms with E-state index < -0.39 is 5.60 Å². The zero-order chi connectivity index (χ0) is 15.5. The van der Waals surface area contributed by atoms with Crippen molar-refractivity contribution in [3.63, 3.8) is 0 Å². The van der Waals surface area contributed by atoms with Gasteiger partial charge in [0.2, 0.25) is 0 Å². The van der Waals surface area contributed by atoms with Crippen molar-refractivity contribution in [3.8, 4) is 5.75 Å². The number of nitrogens with one attached hydrogen (secondary N) is 1. The third-order valence-electron chi connectivity index (χ3n) is 3.69. The van der Waals surface area contributed by atoms with E-state index in [-0.39, 0.29) is 0 Å². The van der Waals surface area contributed by atoms with Crippen LogP contribution in [-0.2, 0) is 5.60 Å². The standard InChI is InChI=1S/C18H25NO2/c1-13(2)11-19-12-18(3,20)16-7-5-15-10-17(21-4)8-6-14(15)9-16/h5-10,13,19-20H,11-12H2,1-4H3. The minimum Gasteiger partial charge on any atom is -0.497 e. The molecule has 2 aromatic rings. The first-order valence-electron chi connectivity index (χ1n) is 7.44. The van der Waals surface area contributed by atoms with Gasteiger partial charge in [-0.3, -0.25) is 0 Å². The fourth-order valence-corrected chi connectivity index (χ4v) is 2.39. The van der Waals surface area contributed by atoms with E-state index >= 15 is 0 Å². The van der Waals surface area contributed by atoms with Crippen LogP contribution in [0.15, 0.2) is 36.4 Å². The predicted octanol–water partition coefficient (Wildman–Crippen LogP) is 3.30. The van der Waals surface area contributed by atoms with Crippen molar-refractivity contribution in [3.05, 3.63) is 42.0 Å². The van der Waals surface area contributed by atoms with Gasteiger partial charge in [-0.15, -0.1) is 0 Å². The second-order valence-corrected chi connectivity index (χ2v) is 6.23. The zero-order valence-electron chi connectivity index (χ0n) is 13.3. The SMILES string of the molecule is COc1ccc2cc(C(C)(O)CNCC(C)C)ccc2c1. The van der Waals surface area contributed by atoms with E-state index in [1.54, 1.807) is 7.11 Å². The minimum atomic E-state index is -0.872. The van der Waals surface area contributed by atoms with E-state index in [0.717, 1.165) is 28.6 Å². The van der Waals surface area contributed by atoms with Gasteiger partial charge in [-0.2, -0.15) is 0 Å². The van der Waals surface area contributed by atoms with E-state index in [2.05, 4.69) is 19.2 Å². The maximum atomic E-state index is 10.7. The Kier molecular flexibility index (Phi) is 4.86. The normalized spacial score (nSPS) is 14.4. The van der Waals surface area contributed by atoms with Gasteiger partial charge in [-0.1, -0.05) is 32.0 Å². The molecule has 2 N–H and O–H groups in total. The molecular weight excluding hydrogens is 262 g/mol. The fourth-order valence-electron chi connectivity index (χ4n) is 2.39. The zero-order valence-corrected chi connectivity index (χ0v) is 13.3. The summed E-state index contributed by atoms with van der Waals surface area (Å²) in [6.45, 7) is 7.62. The maximum Gasteiger partial charge on any atom is 0.119 e. The Labute approximate surface area is 126 Å². The molecule has 3 heteroatoms. The van der Waals surface area contributed by atoms with Gasteiger partial charge in [0.1, 0.15) is 5.75 Å². The highest BCUT2D eigenvalue weighted by Gasteiger charge is 2.22. The van der Waals surface area contributed by atoms with E-state index in [1.165, 1.54) is 0 Å². The molecule has 1 atom stereocenters. The van der Waals surface area contributed by atoms with Crippen molar-refractivity contribution >= 4 is 10.8 Å². The number of rotatable bonds is 6. The quantitative estimate of drug-likeness (QED) is 0.856. The summed E-state index contributed by atoms with van der Waals surface area (Å²) >= 11 is 0. The lowest BCUT2D eigenvalue weighted by Crippen LogP contribution is -2.36. The number of fused-ring (bicyclic) bond motifs is 1. The average Bonchev–Trinajstić information content (AvgIpc) is 2.45. The second-order valence-electron chi connectivity index (χ2n) is 6.23. The van der Waals surface area contributed by atoms with E-state index in [4.69, 9.17) is 4.74 Å². The van der Waals surface area contributed by atoms with Gasteiger partial charge in [0.05, 0.1) is 12.7 Å². The molecule has 0 spiro atoms. The highest BCUT2D eigenvalue weighted by molar-refractivity contribution is 5.84. The molecule has 2 aromatic carbocycles. The number of benzene rings is 2. The Morgan fingerprint density at radius 2 is 1.81 bits per heavy atom. The van der Waals surface area contributed by atoms with Crippen LogP contribution in [0.5, 0.6) is 5.75 Å². The topological polar surface area (TPSA) is 41.5 Å². The summed E-state index contributed by atoms with van der Waals surface area (Å²) in [4.78, 5) is 0. The molecule has 3 nitrogen and oxygen atoms in total. The van der Waals surface area contributed by atoms with Crippen LogP contribution in [0.3, 0.4) is 0 Å². The second kappa shape index (κ2) is 6.46. The van der Waals surface area contributed by atoms with Crippen LogP contribution in [0.1, 0.15) is 26.3 Å². The van der Waals surface area contributed by atoms with E-state index in [0.29, 0.717) is 12.5 Å². The largest absolute Gasteiger partial charge is 0.497 e. The number of ether oxygens (including phenoxy) is 1. The Bertz CT molecular complexity index is 605. The predicted molar refractivity (Wildman–Crippen MR) is 87.8 cm³/mol. The molecule has 1 unspecified atom stereocenters. The summed E-state index contributed by atoms with van der Waals surface area (Å²) in [5.41, 5.74) is 0.0552. The van der Waals surface area contributed by atoms with Gasteiger partial charge in [0.25, 0.3) is 0 Å². The van der Waals surface area contributed by atoms with Crippen molar-refractivity contribution in [2.24, 2.45) is 5.92 Å². The highest BCUT2D eigenvalue weighted by atomic mass is 16.5. The maximum absolute atomic E-state index is 10.7. The molecule has 0 aromatic heterocycles. The van der Waals surface area contributed by atoms with Crippen LogP contribution in [0.25, 0.3) is 10.8 Å². The summed E-state index contributed by atoms with van der Waals surface area (Å²) in [6, 6.07) is 12.0. The molecule has 0 aliphatic rings. The number of methoxy groups -OCH3 is 1. The van der Waals surface area contributed by atoms with Crippen LogP contribution >= 0.6 is 0 Å². The molecular formula is C18H25NO2. The lowest BCUT2D eigenvalue weighted by molar-refractivity contribution is 0.0565. The van der Waals surface area contributed by atoms with Gasteiger partial charge >= 0.3 is 0 Å². The van der Waals surface area contributed by atoms with Gasteiger partial charge in [0.15, 0.2) is 0 Å². The van der Waals surface area contributed by atoms with Crippen LogP contribution in [0.4, 0.5) is 0 Å². The summed E-state index contributed by atoms with van der Waals surface area (Å²) in [7, 11) is 1.67. The Morgan fingerprint density at radius 3 is 2.48 bits per heavy atom. The fraction of sp³-hybridized carbons (Fsp3) is 0.444. The molecule has 0 saturated heterocycles. The molecule has 0 bridgehead atoms. The van der Waals surface area contributed by atoms with Crippen LogP contribution < -0.4 is 10.1 Å². The molecule has 0 radical (unpaired) electrons. The molecule has 0 amide bonds. The molecule has 0 fully saturated rings. The first-order valence-corrected chi connectivity index (χ1v) is 7.44. The number of aliphatic hydroxyl groups is 1. The minimum absolute atomic E-state index is 0.548. The number of hydrogen-bond donors (Lipinski definition) is 2. The van der Waals surface area contributed by atoms with Gasteiger partial charge in [-0.05, 0) is 53.9 Å². The third kappa shape index (κ3) is 3.96. The smallest absolute Gasteiger partial charge is 0.119 e. The van der Waals surface area contributed by atoms with Crippen molar-refractivity contribution < 1.29 is 9.84 Å². The van der Waals surface area contributed by atoms with Crippen LogP contribution in [0.2, 0.25) is 0 Å². The summed E-state index contributed by atoms with van der Waals surface area (Å²) in [6.07, 6.45) is 0. The van der Waals surface area contributed by atoms with Crippen molar-refractivity contribution in [2.75, 3.05) is 20.2 Å². The van der Waals surface area contributed by atoms with Crippen LogP contribution in [0, 0.1) is 5.92 Å². The molecule has 0 aliphatic heterocycles. The lowest BCUT2D eigenvalue weighted by Gasteiger charge is -2.25. The first-order chi connectivity index (χ1) is 9.92. The molecule has 114 valence electrons. The molecule has 0 saturated carbocycles. The summed E-state index contributed by atoms with van der Waals surface area (Å²) < 4.78 is 5.24. The van der Waals surface area contributed by atoms with Crippen molar-refractivity contribution in [2.45, 2.75) is 26.4 Å². The average molecular weight is 287 g/mol. The molecule has 0 heterocycles. The van der Waals surface area contributed by atoms with Crippen molar-refractivity contribution in [1.29, 1.82) is 0 Å². The highest BCUT2D eigenvalue weighted by Crippen LogP contribution is 2.27. The summed E-state index contributed by atoms with van der Waals surface area (Å²) in [5, 5.41) is 16.2. The Balaban J connectivity index is 2.21. The number of hydrogen-bond acceptors (Lipinski definition) is 3. The van der Waals surface area contributed by atoms with Crippen molar-refractivity contribution in [1.82, 2.24) is 5.32 Å². The Hall–Kier alpha value is -1.58. The first kappa shape index (κ1) is 15.8. The van der Waals surface area contributed by atoms with Crippen LogP contribution in [-0.4, -0.2) is 25.3 Å². The lowest BCUT2D eigenvalue weighted by atomic mass is 9.93. The molecule has 21 heavy (non-hydrogen) atoms. The van der Waals surface area contributed by atoms with Gasteiger partial charge in [-0.25, -0.2) is 0 Å². The molecule has 0 aliphatic carbocycles. The van der Waals surface area contributed by atoms with E-state index in [9.17, 15) is 5.11 Å². The third-order valence-corrected chi connectivity index (χ3v) is 3.69. The van der Waals surface area contributed by atoms with E-state index in [1.807, 2.05) is 43.3 Å². The van der Waals surface area contributed by atoms with Gasteiger partial charge < -0.3 is 15.2 Å². The van der Waals surface area contributed by atoms with Gasteiger partial charge in [0, 0.05) is 6.54 Å².